The van der Waals surface area contributed by atoms with Crippen LogP contribution in [0.2, 0.25) is 0 Å². The lowest BCUT2D eigenvalue weighted by molar-refractivity contribution is 0.0690. The van der Waals surface area contributed by atoms with Gasteiger partial charge in [0.1, 0.15) is 16.5 Å². The van der Waals surface area contributed by atoms with Crippen molar-refractivity contribution < 1.29 is 31.3 Å². The van der Waals surface area contributed by atoms with Gasteiger partial charge < -0.3 is 18.6 Å². The van der Waals surface area contributed by atoms with E-state index in [0.29, 0.717) is 23.6 Å². The molecular weight excluding hydrogens is 449 g/mol. The molecule has 0 bridgehead atoms. The Labute approximate surface area is 191 Å². The van der Waals surface area contributed by atoms with Crippen LogP contribution in [0.4, 0.5) is 4.39 Å². The zero-order chi connectivity index (χ0) is 23.6. The Kier molecular flexibility index (Phi) is 6.24. The zero-order valence-corrected chi connectivity index (χ0v) is 18.8. The van der Waals surface area contributed by atoms with E-state index < -0.39 is 15.9 Å². The Balaban J connectivity index is 1.47. The molecule has 33 heavy (non-hydrogen) atoms. The third-order valence-corrected chi connectivity index (χ3v) is 6.35. The molecule has 0 saturated heterocycles. The normalized spacial score (nSPS) is 12.6. The summed E-state index contributed by atoms with van der Waals surface area (Å²) in [6.07, 6.45) is 0. The molecule has 4 rings (SSSR count). The molecular formula is C24H22FNO6S. The van der Waals surface area contributed by atoms with Gasteiger partial charge >= 0.3 is 10.1 Å². The van der Waals surface area contributed by atoms with Gasteiger partial charge in [0.25, 0.3) is 5.91 Å². The summed E-state index contributed by atoms with van der Waals surface area (Å²) in [5, 5.41) is 0. The number of benzene rings is 3. The van der Waals surface area contributed by atoms with Crippen LogP contribution in [0, 0.1) is 5.82 Å². The number of fused-ring (bicyclic) bond motifs is 1. The van der Waals surface area contributed by atoms with Crippen LogP contribution in [-0.4, -0.2) is 32.1 Å². The van der Waals surface area contributed by atoms with Crippen LogP contribution < -0.4 is 13.7 Å². The summed E-state index contributed by atoms with van der Waals surface area (Å²) in [6.45, 7) is 4.28. The molecule has 1 amide bonds. The molecule has 1 aliphatic heterocycles. The lowest BCUT2D eigenvalue weighted by atomic mass is 10.1. The molecule has 0 fully saturated rings. The van der Waals surface area contributed by atoms with E-state index in [9.17, 15) is 17.6 Å². The van der Waals surface area contributed by atoms with E-state index in [1.165, 1.54) is 12.1 Å². The van der Waals surface area contributed by atoms with Crippen LogP contribution >= 0.6 is 0 Å². The summed E-state index contributed by atoms with van der Waals surface area (Å²) in [5.41, 5.74) is 1.28. The minimum atomic E-state index is -4.09. The van der Waals surface area contributed by atoms with Crippen LogP contribution in [0.15, 0.2) is 71.6 Å². The predicted octanol–water partition coefficient (Wildman–Crippen LogP) is 4.37. The molecule has 9 heteroatoms. The Morgan fingerprint density at radius 2 is 1.67 bits per heavy atom. The standard InChI is InChI=1S/C24H22FNO6S/c1-16(2)26(24(27)18-5-12-22-23(13-18)31-15-30-22)14-17-3-8-20(9-4-17)32-33(28,29)21-10-6-19(25)7-11-21/h3-13,16H,14-15H2,1-2H3. The van der Waals surface area contributed by atoms with Gasteiger partial charge in [-0.05, 0) is 74.0 Å². The highest BCUT2D eigenvalue weighted by Gasteiger charge is 2.23. The Hall–Kier alpha value is -3.59. The Bertz CT molecular complexity index is 1260. The monoisotopic (exact) mass is 471 g/mol. The molecule has 0 aliphatic carbocycles. The van der Waals surface area contributed by atoms with E-state index in [4.69, 9.17) is 13.7 Å². The minimum absolute atomic E-state index is 0.0855. The van der Waals surface area contributed by atoms with Crippen molar-refractivity contribution in [2.45, 2.75) is 31.3 Å². The zero-order valence-electron chi connectivity index (χ0n) is 18.0. The van der Waals surface area contributed by atoms with Crippen LogP contribution in [0.1, 0.15) is 29.8 Å². The summed E-state index contributed by atoms with van der Waals surface area (Å²) in [6, 6.07) is 15.8. The summed E-state index contributed by atoms with van der Waals surface area (Å²) in [7, 11) is -4.09. The third kappa shape index (κ3) is 5.09. The number of ether oxygens (including phenoxy) is 2. The van der Waals surface area contributed by atoms with E-state index in [0.717, 1.165) is 29.8 Å². The van der Waals surface area contributed by atoms with E-state index in [2.05, 4.69) is 0 Å². The highest BCUT2D eigenvalue weighted by molar-refractivity contribution is 7.87. The maximum Gasteiger partial charge on any atom is 0.339 e. The molecule has 3 aromatic carbocycles. The summed E-state index contributed by atoms with van der Waals surface area (Å²) in [5.74, 6) is 0.550. The molecule has 1 aliphatic rings. The van der Waals surface area contributed by atoms with Gasteiger partial charge in [0.05, 0.1) is 0 Å². The van der Waals surface area contributed by atoms with Gasteiger partial charge in [0, 0.05) is 18.2 Å². The molecule has 0 radical (unpaired) electrons. The van der Waals surface area contributed by atoms with E-state index in [1.807, 2.05) is 13.8 Å². The van der Waals surface area contributed by atoms with Crippen molar-refractivity contribution in [1.29, 1.82) is 0 Å². The fourth-order valence-electron chi connectivity index (χ4n) is 3.31. The molecule has 1 heterocycles. The van der Waals surface area contributed by atoms with Gasteiger partial charge in [-0.3, -0.25) is 4.79 Å². The van der Waals surface area contributed by atoms with Crippen molar-refractivity contribution >= 4 is 16.0 Å². The van der Waals surface area contributed by atoms with Crippen LogP contribution in [-0.2, 0) is 16.7 Å². The number of carbonyl (C=O) groups is 1. The lowest BCUT2D eigenvalue weighted by Gasteiger charge is -2.27. The second-order valence-electron chi connectivity index (χ2n) is 7.73. The first-order chi connectivity index (χ1) is 15.7. The first-order valence-electron chi connectivity index (χ1n) is 10.2. The minimum Gasteiger partial charge on any atom is -0.454 e. The summed E-state index contributed by atoms with van der Waals surface area (Å²) < 4.78 is 53.6. The second kappa shape index (κ2) is 9.11. The quantitative estimate of drug-likeness (QED) is 0.476. The SMILES string of the molecule is CC(C)N(Cc1ccc(OS(=O)(=O)c2ccc(F)cc2)cc1)C(=O)c1ccc2c(c1)OCO2. The van der Waals surface area contributed by atoms with Gasteiger partial charge in [-0.25, -0.2) is 4.39 Å². The topological polar surface area (TPSA) is 82.1 Å². The van der Waals surface area contributed by atoms with E-state index in [1.54, 1.807) is 35.2 Å². The molecule has 0 N–H and O–H groups in total. The number of rotatable bonds is 7. The molecule has 0 atom stereocenters. The maximum absolute atomic E-state index is 13.1. The van der Waals surface area contributed by atoms with Crippen molar-refractivity contribution in [1.82, 2.24) is 4.90 Å². The highest BCUT2D eigenvalue weighted by atomic mass is 32.2. The Morgan fingerprint density at radius 1 is 1.00 bits per heavy atom. The number of hydrogen-bond acceptors (Lipinski definition) is 6. The summed E-state index contributed by atoms with van der Waals surface area (Å²) in [4.78, 5) is 14.7. The van der Waals surface area contributed by atoms with Crippen molar-refractivity contribution in [3.8, 4) is 17.2 Å². The van der Waals surface area contributed by atoms with Crippen molar-refractivity contribution in [3.63, 3.8) is 0 Å². The summed E-state index contributed by atoms with van der Waals surface area (Å²) >= 11 is 0. The maximum atomic E-state index is 13.1. The number of hydrogen-bond donors (Lipinski definition) is 0. The smallest absolute Gasteiger partial charge is 0.339 e. The first kappa shape index (κ1) is 22.6. The Morgan fingerprint density at radius 3 is 2.33 bits per heavy atom. The van der Waals surface area contributed by atoms with Gasteiger partial charge in [-0.2, -0.15) is 8.42 Å². The molecule has 3 aromatic rings. The molecule has 0 saturated carbocycles. The fourth-order valence-corrected chi connectivity index (χ4v) is 4.24. The van der Waals surface area contributed by atoms with Crippen LogP contribution in [0.25, 0.3) is 0 Å². The predicted molar refractivity (Wildman–Crippen MR) is 118 cm³/mol. The first-order valence-corrected chi connectivity index (χ1v) is 11.6. The van der Waals surface area contributed by atoms with E-state index >= 15 is 0 Å². The van der Waals surface area contributed by atoms with Gasteiger partial charge in [-0.15, -0.1) is 0 Å². The second-order valence-corrected chi connectivity index (χ2v) is 9.28. The highest BCUT2D eigenvalue weighted by Crippen LogP contribution is 2.33. The fraction of sp³-hybridized carbons (Fsp3) is 0.208. The number of halogens is 1. The molecule has 0 spiro atoms. The molecule has 172 valence electrons. The van der Waals surface area contributed by atoms with Crippen LogP contribution in [0.5, 0.6) is 17.2 Å². The van der Waals surface area contributed by atoms with Crippen molar-refractivity contribution in [3.05, 3.63) is 83.7 Å². The van der Waals surface area contributed by atoms with Gasteiger partial charge in [-0.1, -0.05) is 12.1 Å². The number of nitrogens with zero attached hydrogens (tertiary/aromatic N) is 1. The largest absolute Gasteiger partial charge is 0.454 e. The van der Waals surface area contributed by atoms with Gasteiger partial charge in [0.2, 0.25) is 6.79 Å². The third-order valence-electron chi connectivity index (χ3n) is 5.09. The average molecular weight is 472 g/mol. The van der Waals surface area contributed by atoms with Crippen molar-refractivity contribution in [2.24, 2.45) is 0 Å². The molecule has 0 aromatic heterocycles. The van der Waals surface area contributed by atoms with Crippen molar-refractivity contribution in [2.75, 3.05) is 6.79 Å². The molecule has 0 unspecified atom stereocenters. The number of carbonyl (C=O) groups excluding carboxylic acids is 1. The molecule has 7 nitrogen and oxygen atoms in total. The van der Waals surface area contributed by atoms with Crippen LogP contribution in [0.3, 0.4) is 0 Å². The average Bonchev–Trinajstić information content (AvgIpc) is 3.26. The van der Waals surface area contributed by atoms with Gasteiger partial charge in [0.15, 0.2) is 11.5 Å². The lowest BCUT2D eigenvalue weighted by Crippen LogP contribution is -2.36. The number of amides is 1. The van der Waals surface area contributed by atoms with E-state index in [-0.39, 0.29) is 29.4 Å².